The number of nitrogens with zero attached hydrogens (tertiary/aromatic N) is 3. The van der Waals surface area contributed by atoms with Gasteiger partial charge in [-0.25, -0.2) is 4.98 Å². The van der Waals surface area contributed by atoms with E-state index in [9.17, 15) is 4.79 Å². The monoisotopic (exact) mass is 453 g/mol. The van der Waals surface area contributed by atoms with Gasteiger partial charge in [-0.15, -0.1) is 0 Å². The maximum absolute atomic E-state index is 12.7. The van der Waals surface area contributed by atoms with E-state index in [1.54, 1.807) is 0 Å². The number of imidazole rings is 1. The molecule has 0 aliphatic carbocycles. The molecule has 1 amide bonds. The molecule has 0 radical (unpaired) electrons. The number of piperazine rings is 1. The van der Waals surface area contributed by atoms with E-state index in [0.717, 1.165) is 72.0 Å². The summed E-state index contributed by atoms with van der Waals surface area (Å²) < 4.78 is 0. The summed E-state index contributed by atoms with van der Waals surface area (Å²) in [5, 5.41) is 3.08. The van der Waals surface area contributed by atoms with Crippen molar-refractivity contribution in [3.63, 3.8) is 0 Å². The minimum absolute atomic E-state index is 0.0522. The number of fused-ring (bicyclic) bond motifs is 1. The van der Waals surface area contributed by atoms with Gasteiger partial charge in [0.1, 0.15) is 5.82 Å². The van der Waals surface area contributed by atoms with Gasteiger partial charge in [0.05, 0.1) is 11.0 Å². The van der Waals surface area contributed by atoms with Crippen molar-refractivity contribution in [3.05, 3.63) is 72.8 Å². The predicted molar refractivity (Wildman–Crippen MR) is 139 cm³/mol. The van der Waals surface area contributed by atoms with Crippen LogP contribution in [0.5, 0.6) is 0 Å². The van der Waals surface area contributed by atoms with Crippen LogP contribution in [0.3, 0.4) is 0 Å². The SMILES string of the molecule is CC(CN1CCN(C)CC1)C(=O)Nc1ccc(-c2cccc(-c3nc4ccccc4[nH]3)c2)cc1. The van der Waals surface area contributed by atoms with E-state index in [4.69, 9.17) is 4.98 Å². The number of likely N-dealkylation sites (N-methyl/N-ethyl adjacent to an activating group) is 1. The van der Waals surface area contributed by atoms with Gasteiger partial charge in [-0.1, -0.05) is 49.4 Å². The molecule has 5 rings (SSSR count). The molecule has 0 bridgehead atoms. The third-order valence-corrected chi connectivity index (χ3v) is 6.59. The number of anilines is 1. The van der Waals surface area contributed by atoms with E-state index < -0.39 is 0 Å². The van der Waals surface area contributed by atoms with Crippen molar-refractivity contribution in [3.8, 4) is 22.5 Å². The number of amides is 1. The van der Waals surface area contributed by atoms with Crippen LogP contribution < -0.4 is 5.32 Å². The van der Waals surface area contributed by atoms with Crippen LogP contribution in [0.1, 0.15) is 6.92 Å². The van der Waals surface area contributed by atoms with Crippen molar-refractivity contribution in [2.75, 3.05) is 45.1 Å². The van der Waals surface area contributed by atoms with Crippen molar-refractivity contribution in [1.82, 2.24) is 19.8 Å². The predicted octanol–water partition coefficient (Wildman–Crippen LogP) is 4.72. The number of nitrogens with one attached hydrogen (secondary N) is 2. The topological polar surface area (TPSA) is 64.3 Å². The molecule has 0 saturated carbocycles. The Kier molecular flexibility index (Phi) is 6.43. The molecular formula is C28H31N5O. The highest BCUT2D eigenvalue weighted by Crippen LogP contribution is 2.27. The van der Waals surface area contributed by atoms with E-state index in [1.165, 1.54) is 0 Å². The van der Waals surface area contributed by atoms with Crippen molar-refractivity contribution < 1.29 is 4.79 Å². The highest BCUT2D eigenvalue weighted by Gasteiger charge is 2.20. The smallest absolute Gasteiger partial charge is 0.228 e. The largest absolute Gasteiger partial charge is 0.338 e. The number of aromatic nitrogens is 2. The van der Waals surface area contributed by atoms with Crippen molar-refractivity contribution in [2.45, 2.75) is 6.92 Å². The fraction of sp³-hybridized carbons (Fsp3) is 0.286. The Hall–Kier alpha value is -3.48. The highest BCUT2D eigenvalue weighted by molar-refractivity contribution is 5.92. The third kappa shape index (κ3) is 5.03. The first-order valence-corrected chi connectivity index (χ1v) is 11.9. The molecule has 174 valence electrons. The van der Waals surface area contributed by atoms with Crippen LogP contribution in [0.4, 0.5) is 5.69 Å². The lowest BCUT2D eigenvalue weighted by Crippen LogP contribution is -2.47. The van der Waals surface area contributed by atoms with Crippen LogP contribution in [0.25, 0.3) is 33.5 Å². The molecule has 3 aromatic carbocycles. The maximum Gasteiger partial charge on any atom is 0.228 e. The van der Waals surface area contributed by atoms with Crippen LogP contribution in [0.2, 0.25) is 0 Å². The number of carbonyl (C=O) groups is 1. The summed E-state index contributed by atoms with van der Waals surface area (Å²) in [5.74, 6) is 0.878. The van der Waals surface area contributed by atoms with E-state index in [0.29, 0.717) is 0 Å². The van der Waals surface area contributed by atoms with Crippen LogP contribution >= 0.6 is 0 Å². The zero-order valence-corrected chi connectivity index (χ0v) is 19.8. The minimum Gasteiger partial charge on any atom is -0.338 e. The number of carbonyl (C=O) groups excluding carboxylic acids is 1. The summed E-state index contributed by atoms with van der Waals surface area (Å²) in [6.07, 6.45) is 0. The van der Waals surface area contributed by atoms with Gasteiger partial charge in [0.25, 0.3) is 0 Å². The summed E-state index contributed by atoms with van der Waals surface area (Å²) >= 11 is 0. The molecule has 2 N–H and O–H groups in total. The molecule has 1 saturated heterocycles. The van der Waals surface area contributed by atoms with Gasteiger partial charge in [-0.3, -0.25) is 4.79 Å². The maximum atomic E-state index is 12.7. The summed E-state index contributed by atoms with van der Waals surface area (Å²) in [5.41, 5.74) is 6.08. The van der Waals surface area contributed by atoms with Crippen molar-refractivity contribution in [2.24, 2.45) is 5.92 Å². The molecule has 1 aliphatic heterocycles. The second-order valence-electron chi connectivity index (χ2n) is 9.25. The Morgan fingerprint density at radius 3 is 2.44 bits per heavy atom. The van der Waals surface area contributed by atoms with Gasteiger partial charge >= 0.3 is 0 Å². The highest BCUT2D eigenvalue weighted by atomic mass is 16.1. The van der Waals surface area contributed by atoms with E-state index in [2.05, 4.69) is 57.5 Å². The molecule has 6 heteroatoms. The molecule has 2 heterocycles. The summed E-state index contributed by atoms with van der Waals surface area (Å²) in [4.78, 5) is 25.5. The first-order chi connectivity index (χ1) is 16.5. The zero-order valence-electron chi connectivity index (χ0n) is 19.8. The standard InChI is InChI=1S/C28H31N5O/c1-20(19-33-16-14-32(2)15-17-33)28(34)29-24-12-10-21(11-13-24)22-6-5-7-23(18-22)27-30-25-8-3-4-9-26(25)31-27/h3-13,18,20H,14-17,19H2,1-2H3,(H,29,34)(H,30,31). The van der Waals surface area contributed by atoms with Gasteiger partial charge in [-0.05, 0) is 48.5 Å². The first-order valence-electron chi connectivity index (χ1n) is 11.9. The lowest BCUT2D eigenvalue weighted by atomic mass is 10.0. The summed E-state index contributed by atoms with van der Waals surface area (Å²) in [7, 11) is 2.15. The molecule has 1 aromatic heterocycles. The molecule has 0 spiro atoms. The molecule has 1 fully saturated rings. The molecule has 1 atom stereocenters. The Labute approximate surface area is 200 Å². The molecular weight excluding hydrogens is 422 g/mol. The Morgan fingerprint density at radius 1 is 0.941 bits per heavy atom. The molecule has 34 heavy (non-hydrogen) atoms. The van der Waals surface area contributed by atoms with E-state index in [1.807, 2.05) is 49.4 Å². The van der Waals surface area contributed by atoms with Gasteiger partial charge in [0, 0.05) is 49.9 Å². The van der Waals surface area contributed by atoms with Crippen LogP contribution in [0.15, 0.2) is 72.8 Å². The Balaban J connectivity index is 1.24. The van der Waals surface area contributed by atoms with E-state index >= 15 is 0 Å². The number of benzene rings is 3. The first kappa shape index (κ1) is 22.3. The minimum atomic E-state index is -0.0522. The molecule has 1 unspecified atom stereocenters. The zero-order chi connectivity index (χ0) is 23.5. The van der Waals surface area contributed by atoms with E-state index in [-0.39, 0.29) is 11.8 Å². The second kappa shape index (κ2) is 9.79. The molecule has 6 nitrogen and oxygen atoms in total. The average Bonchev–Trinajstić information content (AvgIpc) is 3.30. The number of hydrogen-bond donors (Lipinski definition) is 2. The van der Waals surface area contributed by atoms with Crippen molar-refractivity contribution in [1.29, 1.82) is 0 Å². The van der Waals surface area contributed by atoms with Crippen molar-refractivity contribution >= 4 is 22.6 Å². The fourth-order valence-electron chi connectivity index (χ4n) is 4.45. The second-order valence-corrected chi connectivity index (χ2v) is 9.25. The quantitative estimate of drug-likeness (QED) is 0.443. The Morgan fingerprint density at radius 2 is 1.68 bits per heavy atom. The molecule has 1 aliphatic rings. The normalized spacial score (nSPS) is 15.9. The number of rotatable bonds is 6. The number of hydrogen-bond acceptors (Lipinski definition) is 4. The van der Waals surface area contributed by atoms with Gasteiger partial charge in [0.15, 0.2) is 0 Å². The van der Waals surface area contributed by atoms with Gasteiger partial charge < -0.3 is 20.1 Å². The average molecular weight is 454 g/mol. The summed E-state index contributed by atoms with van der Waals surface area (Å²) in [6, 6.07) is 24.5. The van der Waals surface area contributed by atoms with Crippen LogP contribution in [-0.2, 0) is 4.79 Å². The number of para-hydroxylation sites is 2. The molecule has 4 aromatic rings. The lowest BCUT2D eigenvalue weighted by Gasteiger charge is -2.33. The summed E-state index contributed by atoms with van der Waals surface area (Å²) in [6.45, 7) is 6.98. The fourth-order valence-corrected chi connectivity index (χ4v) is 4.45. The van der Waals surface area contributed by atoms with Crippen LogP contribution in [-0.4, -0.2) is 65.4 Å². The number of H-pyrrole nitrogens is 1. The van der Waals surface area contributed by atoms with Gasteiger partial charge in [-0.2, -0.15) is 0 Å². The lowest BCUT2D eigenvalue weighted by molar-refractivity contribution is -0.120. The van der Waals surface area contributed by atoms with Crippen LogP contribution in [0, 0.1) is 5.92 Å². The number of aromatic amines is 1. The Bertz CT molecular complexity index is 1240. The third-order valence-electron chi connectivity index (χ3n) is 6.59. The van der Waals surface area contributed by atoms with Gasteiger partial charge in [0.2, 0.25) is 5.91 Å².